The van der Waals surface area contributed by atoms with Gasteiger partial charge >= 0.3 is 0 Å². The van der Waals surface area contributed by atoms with E-state index in [1.165, 1.54) is 17.5 Å². The normalized spacial score (nSPS) is 30.2. The van der Waals surface area contributed by atoms with Crippen LogP contribution < -0.4 is 10.6 Å². The monoisotopic (exact) mass is 355 g/mol. The average molecular weight is 355 g/mol. The lowest BCUT2D eigenvalue weighted by Crippen LogP contribution is -2.25. The number of aromatic nitrogens is 3. The van der Waals surface area contributed by atoms with Gasteiger partial charge < -0.3 is 20.5 Å². The minimum Gasteiger partial charge on any atom is -0.393 e. The van der Waals surface area contributed by atoms with Crippen molar-refractivity contribution in [2.45, 2.75) is 50.5 Å². The summed E-state index contributed by atoms with van der Waals surface area (Å²) in [5.41, 5.74) is 2.51. The Morgan fingerprint density at radius 2 is 1.88 bits per heavy atom. The number of nitrogens with zero attached hydrogens (tertiary/aromatic N) is 3. The second-order valence-electron chi connectivity index (χ2n) is 7.29. The minimum atomic E-state index is -0.260. The summed E-state index contributed by atoms with van der Waals surface area (Å²) in [4.78, 5) is 13.0. The van der Waals surface area contributed by atoms with Crippen LogP contribution in [0, 0.1) is 5.92 Å². The van der Waals surface area contributed by atoms with Gasteiger partial charge in [0.15, 0.2) is 0 Å². The third-order valence-corrected chi connectivity index (χ3v) is 5.51. The van der Waals surface area contributed by atoms with E-state index in [2.05, 4.69) is 50.7 Å². The molecule has 1 heterocycles. The third kappa shape index (κ3) is 3.37. The van der Waals surface area contributed by atoms with E-state index in [9.17, 15) is 5.11 Å². The topological polar surface area (TPSA) is 92.2 Å². The van der Waals surface area contributed by atoms with E-state index in [1.54, 1.807) is 7.11 Å². The first-order chi connectivity index (χ1) is 12.6. The maximum Gasteiger partial charge on any atom is 0.228 e. The van der Waals surface area contributed by atoms with Gasteiger partial charge in [-0.1, -0.05) is 31.2 Å². The smallest absolute Gasteiger partial charge is 0.228 e. The van der Waals surface area contributed by atoms with E-state index in [1.807, 2.05) is 6.07 Å². The Hall–Kier alpha value is -2.25. The number of methoxy groups -OCH3 is 1. The molecule has 2 aliphatic carbocycles. The first kappa shape index (κ1) is 17.2. The fraction of sp³-hybridized carbons (Fsp3) is 0.526. The lowest BCUT2D eigenvalue weighted by atomic mass is 10.1. The molecule has 1 fully saturated rings. The summed E-state index contributed by atoms with van der Waals surface area (Å²) >= 11 is 0. The summed E-state index contributed by atoms with van der Waals surface area (Å²) in [6.07, 6.45) is 3.80. The van der Waals surface area contributed by atoms with Crippen LogP contribution in [0.15, 0.2) is 30.6 Å². The van der Waals surface area contributed by atoms with Gasteiger partial charge in [-0.2, -0.15) is 4.98 Å². The van der Waals surface area contributed by atoms with Crippen LogP contribution in [0.5, 0.6) is 0 Å². The first-order valence-corrected chi connectivity index (χ1v) is 9.15. The minimum absolute atomic E-state index is 0.0137. The lowest BCUT2D eigenvalue weighted by Gasteiger charge is -2.21. The van der Waals surface area contributed by atoms with Crippen molar-refractivity contribution in [3.05, 3.63) is 41.7 Å². The third-order valence-electron chi connectivity index (χ3n) is 5.51. The van der Waals surface area contributed by atoms with Crippen molar-refractivity contribution in [3.63, 3.8) is 0 Å². The van der Waals surface area contributed by atoms with Crippen LogP contribution in [0.25, 0.3) is 0 Å². The van der Waals surface area contributed by atoms with Gasteiger partial charge in [0.1, 0.15) is 6.33 Å². The highest BCUT2D eigenvalue weighted by Crippen LogP contribution is 2.35. The quantitative estimate of drug-likeness (QED) is 0.757. The summed E-state index contributed by atoms with van der Waals surface area (Å²) < 4.78 is 5.66. The number of fused-ring (bicyclic) bond motifs is 1. The molecule has 7 nitrogen and oxygen atoms in total. The fourth-order valence-electron chi connectivity index (χ4n) is 4.05. The maximum atomic E-state index is 9.92. The van der Waals surface area contributed by atoms with Crippen LogP contribution in [-0.4, -0.2) is 45.4 Å². The number of anilines is 2. The number of rotatable bonds is 5. The zero-order chi connectivity index (χ0) is 18.1. The molecular formula is C19H25N5O2. The predicted octanol–water partition coefficient (Wildman–Crippen LogP) is 2.17. The molecule has 0 saturated heterocycles. The molecular weight excluding hydrogens is 330 g/mol. The van der Waals surface area contributed by atoms with Gasteiger partial charge in [0.2, 0.25) is 11.9 Å². The molecule has 0 radical (unpaired) electrons. The second-order valence-corrected chi connectivity index (χ2v) is 7.29. The number of nitrogens with one attached hydrogen (secondary N) is 2. The first-order valence-electron chi connectivity index (χ1n) is 9.15. The summed E-state index contributed by atoms with van der Waals surface area (Å²) in [5, 5.41) is 16.6. The van der Waals surface area contributed by atoms with Gasteiger partial charge in [-0.25, -0.2) is 9.97 Å². The molecule has 2 aliphatic rings. The number of aliphatic hydroxyl groups is 1. The van der Waals surface area contributed by atoms with Crippen LogP contribution in [-0.2, 0) is 11.2 Å². The largest absolute Gasteiger partial charge is 0.393 e. The van der Waals surface area contributed by atoms with Gasteiger partial charge in [0.25, 0.3) is 0 Å². The molecule has 0 aliphatic heterocycles. The van der Waals surface area contributed by atoms with Crippen molar-refractivity contribution >= 4 is 11.9 Å². The van der Waals surface area contributed by atoms with Crippen molar-refractivity contribution in [1.29, 1.82) is 0 Å². The number of ether oxygens (including phenoxy) is 1. The molecule has 1 saturated carbocycles. The molecule has 4 rings (SSSR count). The van der Waals surface area contributed by atoms with Crippen molar-refractivity contribution < 1.29 is 9.84 Å². The maximum absolute atomic E-state index is 9.92. The molecule has 1 aromatic heterocycles. The van der Waals surface area contributed by atoms with Gasteiger partial charge in [0, 0.05) is 19.6 Å². The van der Waals surface area contributed by atoms with Crippen LogP contribution in [0.2, 0.25) is 0 Å². The van der Waals surface area contributed by atoms with Gasteiger partial charge in [0.05, 0.1) is 18.2 Å². The highest BCUT2D eigenvalue weighted by Gasteiger charge is 2.33. The van der Waals surface area contributed by atoms with Crippen LogP contribution in [0.1, 0.15) is 36.9 Å². The molecule has 1 aromatic carbocycles. The van der Waals surface area contributed by atoms with Crippen LogP contribution in [0.4, 0.5) is 11.9 Å². The number of aliphatic hydroxyl groups excluding tert-OH is 1. The molecule has 0 amide bonds. The Morgan fingerprint density at radius 1 is 1.12 bits per heavy atom. The molecule has 26 heavy (non-hydrogen) atoms. The number of hydrogen-bond donors (Lipinski definition) is 3. The molecule has 2 aromatic rings. The average Bonchev–Trinajstić information content (AvgIpc) is 3.15. The van der Waals surface area contributed by atoms with E-state index in [0.29, 0.717) is 17.8 Å². The highest BCUT2D eigenvalue weighted by atomic mass is 16.5. The van der Waals surface area contributed by atoms with E-state index in [4.69, 9.17) is 4.74 Å². The number of hydrogen-bond acceptors (Lipinski definition) is 7. The molecule has 138 valence electrons. The highest BCUT2D eigenvalue weighted by molar-refractivity contribution is 5.43. The zero-order valence-corrected chi connectivity index (χ0v) is 15.1. The molecule has 0 spiro atoms. The van der Waals surface area contributed by atoms with Gasteiger partial charge in [-0.15, -0.1) is 0 Å². The Labute approximate surface area is 153 Å². The molecule has 7 heteroatoms. The summed E-state index contributed by atoms with van der Waals surface area (Å²) in [6.45, 7) is 2.06. The van der Waals surface area contributed by atoms with Crippen molar-refractivity contribution in [2.75, 3.05) is 17.7 Å². The van der Waals surface area contributed by atoms with Gasteiger partial charge in [-0.3, -0.25) is 0 Å². The van der Waals surface area contributed by atoms with Crippen molar-refractivity contribution in [2.24, 2.45) is 5.92 Å². The Morgan fingerprint density at radius 3 is 2.62 bits per heavy atom. The second kappa shape index (κ2) is 7.17. The van der Waals surface area contributed by atoms with Crippen LogP contribution >= 0.6 is 0 Å². The summed E-state index contributed by atoms with van der Waals surface area (Å²) in [6, 6.07) is 8.55. The summed E-state index contributed by atoms with van der Waals surface area (Å²) in [5.74, 6) is 1.36. The Bertz CT molecular complexity index is 761. The molecule has 5 atom stereocenters. The van der Waals surface area contributed by atoms with E-state index in [-0.39, 0.29) is 24.3 Å². The predicted molar refractivity (Wildman–Crippen MR) is 98.9 cm³/mol. The van der Waals surface area contributed by atoms with E-state index < -0.39 is 0 Å². The lowest BCUT2D eigenvalue weighted by molar-refractivity contribution is 0.0958. The van der Waals surface area contributed by atoms with E-state index in [0.717, 1.165) is 19.3 Å². The number of benzene rings is 1. The Balaban J connectivity index is 1.49. The standard InChI is InChI=1S/C19H25N5O2/c1-11-7-13(9-15(11)25)22-18-20-10-21-19(24-18)23-17-14-6-4-3-5-12(14)8-16(17)26-2/h3-6,10-11,13,15-17,25H,7-9H2,1-2H3,(H2,20,21,22,23,24)/t11-,13+,15-,16-,17+/m0/s1. The zero-order valence-electron chi connectivity index (χ0n) is 15.1. The fourth-order valence-corrected chi connectivity index (χ4v) is 4.05. The summed E-state index contributed by atoms with van der Waals surface area (Å²) in [7, 11) is 1.73. The molecule has 0 bridgehead atoms. The molecule has 3 N–H and O–H groups in total. The van der Waals surface area contributed by atoms with Crippen LogP contribution in [0.3, 0.4) is 0 Å². The van der Waals surface area contributed by atoms with Crippen molar-refractivity contribution in [3.8, 4) is 0 Å². The van der Waals surface area contributed by atoms with Crippen molar-refractivity contribution in [1.82, 2.24) is 15.0 Å². The van der Waals surface area contributed by atoms with Gasteiger partial charge in [-0.05, 0) is 29.9 Å². The van der Waals surface area contributed by atoms with E-state index >= 15 is 0 Å². The Kier molecular flexibility index (Phi) is 4.74. The molecule has 0 unspecified atom stereocenters. The SMILES string of the molecule is CO[C@H]1Cc2ccccc2[C@H]1Nc1ncnc(N[C@@H]2C[C@H](C)[C@@H](O)C2)n1.